The van der Waals surface area contributed by atoms with Crippen molar-refractivity contribution in [3.8, 4) is 0 Å². The highest BCUT2D eigenvalue weighted by Crippen LogP contribution is 2.23. The van der Waals surface area contributed by atoms with E-state index in [9.17, 15) is 38.4 Å². The summed E-state index contributed by atoms with van der Waals surface area (Å²) in [5, 5.41) is 23.3. The van der Waals surface area contributed by atoms with E-state index < -0.39 is 83.8 Å². The summed E-state index contributed by atoms with van der Waals surface area (Å²) in [4.78, 5) is 114. The number of hydrogen-bond acceptors (Lipinski definition) is 10. The lowest BCUT2D eigenvalue weighted by Gasteiger charge is -2.31. The lowest BCUT2D eigenvalue weighted by atomic mass is 10.0. The van der Waals surface area contributed by atoms with Crippen molar-refractivity contribution < 1.29 is 38.4 Å². The Balaban J connectivity index is 1.41. The number of benzene rings is 2. The number of likely N-dealkylation sites (N-methyl/N-ethyl adjacent to an activating group) is 2. The summed E-state index contributed by atoms with van der Waals surface area (Å²) in [5.41, 5.74) is 1.64. The highest BCUT2D eigenvalue weighted by atomic mass is 16.2. The van der Waals surface area contributed by atoms with Gasteiger partial charge in [0.25, 0.3) is 0 Å². The smallest absolute Gasteiger partial charge is 0.245 e. The molecule has 8 atom stereocenters. The molecule has 0 bridgehead atoms. The Hall–Kier alpha value is -5.88. The van der Waals surface area contributed by atoms with E-state index in [-0.39, 0.29) is 50.6 Å². The largest absolute Gasteiger partial charge is 0.354 e. The number of carbonyl (C=O) groups is 8. The third-order valence-corrected chi connectivity index (χ3v) is 12.8. The van der Waals surface area contributed by atoms with Crippen molar-refractivity contribution in [1.29, 1.82) is 0 Å². The fourth-order valence-electron chi connectivity index (χ4n) is 8.65. The van der Waals surface area contributed by atoms with Crippen LogP contribution in [-0.4, -0.2) is 146 Å². The SMILES string of the molecule is CN[C@@H](C)C(=O)NC1CCCCNC(=O)[C@H](Cc2ccccc2)NC(=O)[C@@H]2CCCN2C(=O)C(NC(=O)[C@H](C)NC)CCCCNC(=O)[C@H](Cc2ccccc2)NC(=O)C2CCCN2C1=O. The molecule has 2 aromatic rings. The van der Waals surface area contributed by atoms with Crippen LogP contribution in [0.5, 0.6) is 0 Å². The average molecular weight is 915 g/mol. The number of hydrogen-bond donors (Lipinski definition) is 8. The van der Waals surface area contributed by atoms with Crippen LogP contribution in [0.2, 0.25) is 0 Å². The Morgan fingerprint density at radius 2 is 0.924 bits per heavy atom. The fraction of sp³-hybridized carbons (Fsp3) is 0.583. The topological polar surface area (TPSA) is 239 Å². The fourth-order valence-corrected chi connectivity index (χ4v) is 8.65. The lowest BCUT2D eigenvalue weighted by molar-refractivity contribution is -0.142. The molecule has 3 unspecified atom stereocenters. The maximum Gasteiger partial charge on any atom is 0.245 e. The van der Waals surface area contributed by atoms with Gasteiger partial charge in [0, 0.05) is 39.0 Å². The molecule has 66 heavy (non-hydrogen) atoms. The van der Waals surface area contributed by atoms with E-state index in [1.54, 1.807) is 27.9 Å². The zero-order valence-electron chi connectivity index (χ0n) is 38.9. The summed E-state index contributed by atoms with van der Waals surface area (Å²) in [7, 11) is 3.28. The number of rotatable bonds is 10. The van der Waals surface area contributed by atoms with E-state index in [2.05, 4.69) is 42.5 Å². The van der Waals surface area contributed by atoms with Crippen molar-refractivity contribution in [1.82, 2.24) is 52.3 Å². The Labute approximate surface area is 388 Å². The lowest BCUT2D eigenvalue weighted by Crippen LogP contribution is -2.58. The monoisotopic (exact) mass is 915 g/mol. The molecule has 0 radical (unpaired) electrons. The van der Waals surface area contributed by atoms with Gasteiger partial charge in [0.2, 0.25) is 47.3 Å². The molecule has 0 aromatic heterocycles. The van der Waals surface area contributed by atoms with Gasteiger partial charge in [0.05, 0.1) is 12.1 Å². The highest BCUT2D eigenvalue weighted by molar-refractivity contribution is 5.96. The standard InChI is InChI=1S/C48H70N10O8/c1-31(49-3)41(59)53-35-21-11-13-25-51-43(61)38(30-34-19-9-6-10-20-34)56-46(64)40-24-16-28-58(40)48(66)36(54-42(60)32(2)50-4)22-12-14-26-52-44(62)37(29-33-17-7-5-8-18-33)55-45(63)39-23-15-27-57(39)47(35)65/h5-10,17-20,31-32,35-40,49-50H,11-16,21-30H2,1-4H3,(H,51,61)(H,52,62)(H,53,59)(H,54,60)(H,55,63)(H,56,64)/t31-,32-,35?,36?,37-,38-,39-,40?/m0/s1. The minimum absolute atomic E-state index is 0.194. The van der Waals surface area contributed by atoms with Gasteiger partial charge in [-0.2, -0.15) is 0 Å². The van der Waals surface area contributed by atoms with Gasteiger partial charge in [-0.05, 0) is 103 Å². The van der Waals surface area contributed by atoms with Crippen molar-refractivity contribution in [3.63, 3.8) is 0 Å². The first-order chi connectivity index (χ1) is 31.8. The van der Waals surface area contributed by atoms with Gasteiger partial charge in [-0.1, -0.05) is 60.7 Å². The van der Waals surface area contributed by atoms with Crippen molar-refractivity contribution in [2.75, 3.05) is 40.3 Å². The molecular formula is C48H70N10O8. The highest BCUT2D eigenvalue weighted by Gasteiger charge is 2.41. The molecular weight excluding hydrogens is 845 g/mol. The quantitative estimate of drug-likeness (QED) is 0.161. The van der Waals surface area contributed by atoms with E-state index in [1.807, 2.05) is 60.7 Å². The molecule has 3 aliphatic rings. The summed E-state index contributed by atoms with van der Waals surface area (Å²) in [6.07, 6.45) is 4.41. The summed E-state index contributed by atoms with van der Waals surface area (Å²) in [5.74, 6) is -3.34. The van der Waals surface area contributed by atoms with Gasteiger partial charge in [-0.15, -0.1) is 0 Å². The first-order valence-electron chi connectivity index (χ1n) is 23.6. The van der Waals surface area contributed by atoms with Crippen LogP contribution in [0, 0.1) is 0 Å². The average Bonchev–Trinajstić information content (AvgIpc) is 4.03. The summed E-state index contributed by atoms with van der Waals surface area (Å²) in [6, 6.07) is 11.8. The van der Waals surface area contributed by atoms with Crippen LogP contribution in [0.25, 0.3) is 0 Å². The Morgan fingerprint density at radius 1 is 0.545 bits per heavy atom. The van der Waals surface area contributed by atoms with Crippen molar-refractivity contribution in [2.24, 2.45) is 0 Å². The minimum Gasteiger partial charge on any atom is -0.354 e. The summed E-state index contributed by atoms with van der Waals surface area (Å²) >= 11 is 0. The number of amides is 8. The predicted octanol–water partition coefficient (Wildman–Crippen LogP) is 0.195. The summed E-state index contributed by atoms with van der Waals surface area (Å²) in [6.45, 7) is 4.36. The maximum atomic E-state index is 14.3. The second-order valence-electron chi connectivity index (χ2n) is 17.6. The molecule has 5 rings (SSSR count). The molecule has 360 valence electrons. The predicted molar refractivity (Wildman–Crippen MR) is 248 cm³/mol. The number of nitrogens with one attached hydrogen (secondary N) is 8. The second-order valence-corrected chi connectivity index (χ2v) is 17.6. The van der Waals surface area contributed by atoms with E-state index >= 15 is 0 Å². The zero-order chi connectivity index (χ0) is 47.6. The molecule has 8 amide bonds. The molecule has 3 aliphatic heterocycles. The van der Waals surface area contributed by atoms with Crippen LogP contribution < -0.4 is 42.5 Å². The number of fused-ring (bicyclic) bond motifs is 2. The van der Waals surface area contributed by atoms with Crippen LogP contribution in [0.1, 0.15) is 89.2 Å². The van der Waals surface area contributed by atoms with Crippen LogP contribution >= 0.6 is 0 Å². The van der Waals surface area contributed by atoms with Gasteiger partial charge in [0.1, 0.15) is 36.3 Å². The van der Waals surface area contributed by atoms with E-state index in [4.69, 9.17) is 0 Å². The second kappa shape index (κ2) is 25.7. The summed E-state index contributed by atoms with van der Waals surface area (Å²) < 4.78 is 0. The van der Waals surface area contributed by atoms with Gasteiger partial charge in [0.15, 0.2) is 0 Å². The zero-order valence-corrected chi connectivity index (χ0v) is 38.9. The van der Waals surface area contributed by atoms with Crippen molar-refractivity contribution in [3.05, 3.63) is 71.8 Å². The van der Waals surface area contributed by atoms with Crippen LogP contribution in [0.3, 0.4) is 0 Å². The molecule has 0 aliphatic carbocycles. The number of nitrogens with zero attached hydrogens (tertiary/aromatic N) is 2. The molecule has 3 fully saturated rings. The molecule has 3 saturated heterocycles. The van der Waals surface area contributed by atoms with Crippen molar-refractivity contribution in [2.45, 2.75) is 139 Å². The van der Waals surface area contributed by atoms with Gasteiger partial charge >= 0.3 is 0 Å². The van der Waals surface area contributed by atoms with Crippen molar-refractivity contribution >= 4 is 47.3 Å². The van der Waals surface area contributed by atoms with Crippen LogP contribution in [-0.2, 0) is 51.2 Å². The molecule has 0 saturated carbocycles. The van der Waals surface area contributed by atoms with Crippen LogP contribution in [0.15, 0.2) is 60.7 Å². The molecule has 8 N–H and O–H groups in total. The first kappa shape index (κ1) is 51.1. The third-order valence-electron chi connectivity index (χ3n) is 12.8. The Morgan fingerprint density at radius 3 is 1.29 bits per heavy atom. The Kier molecular flexibility index (Phi) is 19.9. The molecule has 2 aromatic carbocycles. The molecule has 18 nitrogen and oxygen atoms in total. The third kappa shape index (κ3) is 14.6. The van der Waals surface area contributed by atoms with Gasteiger partial charge in [-0.25, -0.2) is 0 Å². The Bertz CT molecular complexity index is 1830. The normalized spacial score (nSPS) is 25.6. The van der Waals surface area contributed by atoms with Gasteiger partial charge < -0.3 is 52.3 Å². The minimum atomic E-state index is -0.972. The van der Waals surface area contributed by atoms with E-state index in [1.165, 1.54) is 9.80 Å². The van der Waals surface area contributed by atoms with Gasteiger partial charge in [-0.3, -0.25) is 38.4 Å². The van der Waals surface area contributed by atoms with Crippen LogP contribution in [0.4, 0.5) is 0 Å². The maximum absolute atomic E-state index is 14.3. The van der Waals surface area contributed by atoms with E-state index in [0.717, 1.165) is 11.1 Å². The van der Waals surface area contributed by atoms with E-state index in [0.29, 0.717) is 64.5 Å². The number of carbonyl (C=O) groups excluding carboxylic acids is 8. The molecule has 3 heterocycles. The first-order valence-corrected chi connectivity index (χ1v) is 23.6. The molecule has 0 spiro atoms. The molecule has 18 heteroatoms.